The van der Waals surface area contributed by atoms with Crippen molar-refractivity contribution in [1.82, 2.24) is 0 Å². The van der Waals surface area contributed by atoms with Crippen LogP contribution >= 0.6 is 0 Å². The first kappa shape index (κ1) is 11.5. The Morgan fingerprint density at radius 3 is 2.70 bits per heavy atom. The molecule has 1 heteroatoms. The lowest BCUT2D eigenvalue weighted by molar-refractivity contribution is 0.595. The first-order chi connectivity index (χ1) is 9.84. The highest BCUT2D eigenvalue weighted by Gasteiger charge is 2.18. The van der Waals surface area contributed by atoms with Crippen molar-refractivity contribution in [2.24, 2.45) is 0 Å². The average molecular weight is 260 g/mol. The number of allylic oxidation sites excluding steroid dienone is 1. The van der Waals surface area contributed by atoms with Gasteiger partial charge in [0.15, 0.2) is 0 Å². The van der Waals surface area contributed by atoms with Crippen molar-refractivity contribution >= 4 is 17.0 Å². The third-order valence-electron chi connectivity index (χ3n) is 4.11. The maximum atomic E-state index is 6.01. The van der Waals surface area contributed by atoms with Crippen LogP contribution in [0.4, 0.5) is 0 Å². The first-order valence-corrected chi connectivity index (χ1v) is 7.11. The fourth-order valence-corrected chi connectivity index (χ4v) is 3.13. The van der Waals surface area contributed by atoms with Gasteiger partial charge in [-0.05, 0) is 48.6 Å². The van der Waals surface area contributed by atoms with Crippen LogP contribution < -0.4 is 0 Å². The van der Waals surface area contributed by atoms with E-state index in [0.717, 1.165) is 24.2 Å². The van der Waals surface area contributed by atoms with Crippen molar-refractivity contribution in [3.05, 3.63) is 65.4 Å². The Balaban J connectivity index is 2.08. The third kappa shape index (κ3) is 1.63. The molecule has 4 rings (SSSR count). The predicted octanol–water partition coefficient (Wildman–Crippen LogP) is 5.37. The third-order valence-corrected chi connectivity index (χ3v) is 4.11. The van der Waals surface area contributed by atoms with Gasteiger partial charge in [-0.2, -0.15) is 0 Å². The van der Waals surface area contributed by atoms with E-state index in [1.165, 1.54) is 27.6 Å². The van der Waals surface area contributed by atoms with Crippen LogP contribution in [0.5, 0.6) is 0 Å². The fourth-order valence-electron chi connectivity index (χ4n) is 3.13. The van der Waals surface area contributed by atoms with E-state index in [1.807, 2.05) is 0 Å². The lowest BCUT2D eigenvalue weighted by atomic mass is 9.92. The molecule has 20 heavy (non-hydrogen) atoms. The number of furan rings is 1. The normalized spacial score (nSPS) is 13.7. The Morgan fingerprint density at radius 2 is 1.80 bits per heavy atom. The molecule has 0 radical (unpaired) electrons. The number of rotatable bonds is 1. The van der Waals surface area contributed by atoms with Crippen molar-refractivity contribution in [2.75, 3.05) is 0 Å². The van der Waals surface area contributed by atoms with E-state index in [9.17, 15) is 0 Å². The number of hydrogen-bond acceptors (Lipinski definition) is 1. The quantitative estimate of drug-likeness (QED) is 0.573. The molecule has 0 amide bonds. The zero-order chi connectivity index (χ0) is 13.5. The minimum Gasteiger partial charge on any atom is -0.456 e. The molecule has 0 fully saturated rings. The van der Waals surface area contributed by atoms with Gasteiger partial charge in [0.05, 0.1) is 0 Å². The van der Waals surface area contributed by atoms with E-state index in [0.29, 0.717) is 0 Å². The van der Waals surface area contributed by atoms with Crippen molar-refractivity contribution < 1.29 is 4.42 Å². The van der Waals surface area contributed by atoms with Gasteiger partial charge in [-0.3, -0.25) is 0 Å². The summed E-state index contributed by atoms with van der Waals surface area (Å²) >= 11 is 0. The zero-order valence-corrected chi connectivity index (χ0v) is 11.5. The van der Waals surface area contributed by atoms with E-state index >= 15 is 0 Å². The van der Waals surface area contributed by atoms with Gasteiger partial charge in [0.2, 0.25) is 0 Å². The number of hydrogen-bond donors (Lipinski definition) is 0. The van der Waals surface area contributed by atoms with E-state index in [-0.39, 0.29) is 0 Å². The Labute approximate surface area is 118 Å². The molecule has 3 aromatic rings. The molecule has 0 saturated heterocycles. The topological polar surface area (TPSA) is 13.1 Å². The summed E-state index contributed by atoms with van der Waals surface area (Å²) in [5.41, 5.74) is 6.27. The maximum absolute atomic E-state index is 6.01. The van der Waals surface area contributed by atoms with Gasteiger partial charge >= 0.3 is 0 Å². The van der Waals surface area contributed by atoms with Crippen molar-refractivity contribution in [3.63, 3.8) is 0 Å². The van der Waals surface area contributed by atoms with Crippen molar-refractivity contribution in [1.29, 1.82) is 0 Å². The van der Waals surface area contributed by atoms with E-state index in [2.05, 4.69) is 61.5 Å². The summed E-state index contributed by atoms with van der Waals surface area (Å²) in [6.07, 6.45) is 6.48. The number of aryl methyl sites for hydroxylation is 2. The van der Waals surface area contributed by atoms with Gasteiger partial charge in [0.25, 0.3) is 0 Å². The smallest absolute Gasteiger partial charge is 0.135 e. The van der Waals surface area contributed by atoms with Crippen molar-refractivity contribution in [3.8, 4) is 11.1 Å². The summed E-state index contributed by atoms with van der Waals surface area (Å²) in [4.78, 5) is 0. The van der Waals surface area contributed by atoms with Crippen LogP contribution in [0.2, 0.25) is 0 Å². The van der Waals surface area contributed by atoms with Gasteiger partial charge in [-0.15, -0.1) is 0 Å². The molecule has 1 nitrogen and oxygen atoms in total. The lowest BCUT2D eigenvalue weighted by Gasteiger charge is -2.09. The van der Waals surface area contributed by atoms with Gasteiger partial charge in [0.1, 0.15) is 11.3 Å². The van der Waals surface area contributed by atoms with E-state index in [1.54, 1.807) is 0 Å². The van der Waals surface area contributed by atoms with Gasteiger partial charge in [-0.25, -0.2) is 0 Å². The number of fused-ring (bicyclic) bond motifs is 3. The zero-order valence-electron chi connectivity index (χ0n) is 11.5. The Kier molecular flexibility index (Phi) is 2.53. The summed E-state index contributed by atoms with van der Waals surface area (Å²) in [6, 6.07) is 14.9. The van der Waals surface area contributed by atoms with Crippen LogP contribution in [-0.2, 0) is 6.42 Å². The molecule has 0 N–H and O–H groups in total. The standard InChI is InChI=1S/C19H16O/c1-13-7-2-3-8-14(13)15-10-6-12-18-19(15)16-9-4-5-11-17(16)20-18/h2-3,5-8,10-12H,4,9H2,1H3. The van der Waals surface area contributed by atoms with E-state index in [4.69, 9.17) is 4.42 Å². The molecule has 0 unspecified atom stereocenters. The summed E-state index contributed by atoms with van der Waals surface area (Å²) in [6.45, 7) is 2.17. The monoisotopic (exact) mass is 260 g/mol. The molecular formula is C19H16O. The Hall–Kier alpha value is -2.28. The predicted molar refractivity (Wildman–Crippen MR) is 83.7 cm³/mol. The second-order valence-electron chi connectivity index (χ2n) is 5.38. The molecule has 1 aliphatic rings. The molecule has 1 aromatic heterocycles. The van der Waals surface area contributed by atoms with Gasteiger partial charge < -0.3 is 4.42 Å². The molecule has 0 saturated carbocycles. The SMILES string of the molecule is Cc1ccccc1-c1cccc2oc3c(c12)CCC=C3. The second-order valence-corrected chi connectivity index (χ2v) is 5.38. The minimum atomic E-state index is 1.00. The van der Waals surface area contributed by atoms with Crippen LogP contribution in [0, 0.1) is 6.92 Å². The molecule has 0 bridgehead atoms. The maximum Gasteiger partial charge on any atom is 0.135 e. The highest BCUT2D eigenvalue weighted by atomic mass is 16.3. The summed E-state index contributed by atoms with van der Waals surface area (Å²) in [5.74, 6) is 1.03. The average Bonchev–Trinajstić information content (AvgIpc) is 2.86. The van der Waals surface area contributed by atoms with Crippen LogP contribution in [0.3, 0.4) is 0 Å². The molecular weight excluding hydrogens is 244 g/mol. The van der Waals surface area contributed by atoms with Gasteiger partial charge in [0, 0.05) is 10.9 Å². The van der Waals surface area contributed by atoms with Crippen LogP contribution in [0.25, 0.3) is 28.2 Å². The second kappa shape index (κ2) is 4.38. The molecule has 98 valence electrons. The van der Waals surface area contributed by atoms with Crippen molar-refractivity contribution in [2.45, 2.75) is 19.8 Å². The molecule has 0 spiro atoms. The Bertz CT molecular complexity index is 821. The molecule has 0 atom stereocenters. The van der Waals surface area contributed by atoms with Crippen LogP contribution in [0.1, 0.15) is 23.3 Å². The fraction of sp³-hybridized carbons (Fsp3) is 0.158. The lowest BCUT2D eigenvalue weighted by Crippen LogP contribution is -1.91. The first-order valence-electron chi connectivity index (χ1n) is 7.11. The minimum absolute atomic E-state index is 1.00. The molecule has 1 heterocycles. The molecule has 0 aliphatic heterocycles. The molecule has 2 aromatic carbocycles. The summed E-state index contributed by atoms with van der Waals surface area (Å²) < 4.78 is 6.01. The summed E-state index contributed by atoms with van der Waals surface area (Å²) in [5, 5.41) is 1.29. The molecule has 1 aliphatic carbocycles. The van der Waals surface area contributed by atoms with Gasteiger partial charge in [-0.1, -0.05) is 42.5 Å². The van der Waals surface area contributed by atoms with Crippen LogP contribution in [-0.4, -0.2) is 0 Å². The highest BCUT2D eigenvalue weighted by molar-refractivity contribution is 5.99. The largest absolute Gasteiger partial charge is 0.456 e. The van der Waals surface area contributed by atoms with Crippen LogP contribution in [0.15, 0.2) is 53.0 Å². The number of benzene rings is 2. The highest BCUT2D eigenvalue weighted by Crippen LogP contribution is 2.38. The summed E-state index contributed by atoms with van der Waals surface area (Å²) in [7, 11) is 0. The Morgan fingerprint density at radius 1 is 0.950 bits per heavy atom. The van der Waals surface area contributed by atoms with E-state index < -0.39 is 0 Å².